The lowest BCUT2D eigenvalue weighted by atomic mass is 9.84. The molecule has 0 saturated carbocycles. The number of ether oxygens (including phenoxy) is 3. The standard InChI is InChI=1S/C17H24N2O4.ClH/c1-21-14-8-12(9-15(22-2)16(14)23-3)17(20)18-13-10-19-6-4-11(13)5-7-19;/h8-9,11,13H,4-7,10H2,1-3H3,(H,18,20);1H. The van der Waals surface area contributed by atoms with Gasteiger partial charge in [-0.05, 0) is 44.0 Å². The highest BCUT2D eigenvalue weighted by molar-refractivity contribution is 5.95. The van der Waals surface area contributed by atoms with E-state index in [9.17, 15) is 4.79 Å². The van der Waals surface area contributed by atoms with Gasteiger partial charge in [-0.25, -0.2) is 0 Å². The molecule has 0 aromatic heterocycles. The van der Waals surface area contributed by atoms with Crippen LogP contribution in [-0.2, 0) is 0 Å². The molecule has 3 heterocycles. The molecule has 1 unspecified atom stereocenters. The van der Waals surface area contributed by atoms with Crippen LogP contribution in [0.4, 0.5) is 0 Å². The lowest BCUT2D eigenvalue weighted by molar-refractivity contribution is 0.0620. The van der Waals surface area contributed by atoms with Crippen LogP contribution in [0.3, 0.4) is 0 Å². The molecule has 2 bridgehead atoms. The Kier molecular flexibility index (Phi) is 6.18. The topological polar surface area (TPSA) is 60.0 Å². The lowest BCUT2D eigenvalue weighted by Gasteiger charge is -2.44. The fraction of sp³-hybridized carbons (Fsp3) is 0.588. The molecule has 0 spiro atoms. The van der Waals surface area contributed by atoms with Crippen LogP contribution in [-0.4, -0.2) is 57.8 Å². The molecule has 1 amide bonds. The van der Waals surface area contributed by atoms with Crippen molar-refractivity contribution in [1.29, 1.82) is 0 Å². The van der Waals surface area contributed by atoms with Crippen molar-refractivity contribution in [2.24, 2.45) is 5.92 Å². The Balaban J connectivity index is 0.00000208. The fourth-order valence-corrected chi connectivity index (χ4v) is 3.59. The van der Waals surface area contributed by atoms with Crippen molar-refractivity contribution in [2.75, 3.05) is 41.0 Å². The third-order valence-corrected chi connectivity index (χ3v) is 4.90. The highest BCUT2D eigenvalue weighted by atomic mass is 35.5. The molecule has 134 valence electrons. The number of nitrogens with one attached hydrogen (secondary N) is 1. The van der Waals surface area contributed by atoms with Crippen LogP contribution in [0.25, 0.3) is 0 Å². The Hall–Kier alpha value is -1.66. The fourth-order valence-electron chi connectivity index (χ4n) is 3.59. The van der Waals surface area contributed by atoms with Gasteiger partial charge in [0.15, 0.2) is 11.5 Å². The molecule has 7 heteroatoms. The third kappa shape index (κ3) is 3.54. The van der Waals surface area contributed by atoms with Gasteiger partial charge in [0.25, 0.3) is 5.91 Å². The number of carbonyl (C=O) groups excluding carboxylic acids is 1. The molecule has 0 aliphatic carbocycles. The summed E-state index contributed by atoms with van der Waals surface area (Å²) in [5, 5.41) is 3.17. The molecule has 24 heavy (non-hydrogen) atoms. The molecule has 3 fully saturated rings. The number of methoxy groups -OCH3 is 3. The van der Waals surface area contributed by atoms with Crippen molar-refractivity contribution in [2.45, 2.75) is 18.9 Å². The zero-order valence-corrected chi connectivity index (χ0v) is 15.1. The zero-order chi connectivity index (χ0) is 16.4. The number of hydrogen-bond donors (Lipinski definition) is 1. The Bertz CT molecular complexity index is 563. The SMILES string of the molecule is COc1cc(C(=O)NC2CN3CCC2CC3)cc(OC)c1OC.Cl. The van der Waals surface area contributed by atoms with Gasteiger partial charge in [0.2, 0.25) is 5.75 Å². The molecule has 6 nitrogen and oxygen atoms in total. The van der Waals surface area contributed by atoms with Gasteiger partial charge in [-0.2, -0.15) is 0 Å². The van der Waals surface area contributed by atoms with Gasteiger partial charge < -0.3 is 24.4 Å². The van der Waals surface area contributed by atoms with Crippen molar-refractivity contribution in [3.8, 4) is 17.2 Å². The van der Waals surface area contributed by atoms with E-state index in [-0.39, 0.29) is 24.4 Å². The number of carbonyl (C=O) groups is 1. The van der Waals surface area contributed by atoms with Gasteiger partial charge in [0.05, 0.1) is 21.3 Å². The summed E-state index contributed by atoms with van der Waals surface area (Å²) in [6, 6.07) is 3.61. The first kappa shape index (κ1) is 18.7. The highest BCUT2D eigenvalue weighted by Gasteiger charge is 2.35. The first-order chi connectivity index (χ1) is 11.2. The van der Waals surface area contributed by atoms with Crippen LogP contribution in [0.2, 0.25) is 0 Å². The first-order valence-corrected chi connectivity index (χ1v) is 7.99. The number of piperidine rings is 3. The number of hydrogen-bond acceptors (Lipinski definition) is 5. The predicted molar refractivity (Wildman–Crippen MR) is 93.8 cm³/mol. The van der Waals surface area contributed by atoms with E-state index >= 15 is 0 Å². The highest BCUT2D eigenvalue weighted by Crippen LogP contribution is 2.38. The maximum Gasteiger partial charge on any atom is 0.251 e. The van der Waals surface area contributed by atoms with Crippen molar-refractivity contribution in [1.82, 2.24) is 10.2 Å². The minimum Gasteiger partial charge on any atom is -0.493 e. The molecule has 3 saturated heterocycles. The number of benzene rings is 1. The van der Waals surface area contributed by atoms with Crippen LogP contribution in [0.15, 0.2) is 12.1 Å². The Morgan fingerprint density at radius 1 is 1.08 bits per heavy atom. The lowest BCUT2D eigenvalue weighted by Crippen LogP contribution is -2.57. The Morgan fingerprint density at radius 2 is 1.67 bits per heavy atom. The van der Waals surface area contributed by atoms with Crippen LogP contribution >= 0.6 is 12.4 Å². The van der Waals surface area contributed by atoms with Gasteiger partial charge >= 0.3 is 0 Å². The molecule has 0 radical (unpaired) electrons. The summed E-state index contributed by atoms with van der Waals surface area (Å²) in [7, 11) is 4.64. The van der Waals surface area contributed by atoms with Crippen molar-refractivity contribution in [3.63, 3.8) is 0 Å². The molecule has 1 N–H and O–H groups in total. The van der Waals surface area contributed by atoms with E-state index in [0.29, 0.717) is 28.7 Å². The van der Waals surface area contributed by atoms with E-state index in [0.717, 1.165) is 19.6 Å². The summed E-state index contributed by atoms with van der Waals surface area (Å²) in [5.74, 6) is 1.97. The largest absolute Gasteiger partial charge is 0.493 e. The third-order valence-electron chi connectivity index (χ3n) is 4.90. The summed E-state index contributed by atoms with van der Waals surface area (Å²) in [6.07, 6.45) is 2.33. The number of rotatable bonds is 5. The smallest absolute Gasteiger partial charge is 0.251 e. The summed E-state index contributed by atoms with van der Waals surface area (Å²) < 4.78 is 15.9. The predicted octanol–water partition coefficient (Wildman–Crippen LogP) is 1.96. The van der Waals surface area contributed by atoms with Crippen LogP contribution < -0.4 is 19.5 Å². The minimum atomic E-state index is -0.0944. The Labute approximate surface area is 148 Å². The maximum atomic E-state index is 12.6. The summed E-state index contributed by atoms with van der Waals surface area (Å²) >= 11 is 0. The summed E-state index contributed by atoms with van der Waals surface area (Å²) in [5.41, 5.74) is 0.524. The van der Waals surface area contributed by atoms with Gasteiger partial charge in [0, 0.05) is 18.2 Å². The average molecular weight is 357 g/mol. The Morgan fingerprint density at radius 3 is 2.08 bits per heavy atom. The number of amides is 1. The molecule has 3 aliphatic heterocycles. The maximum absolute atomic E-state index is 12.6. The second-order valence-corrected chi connectivity index (χ2v) is 6.13. The number of nitrogens with zero attached hydrogens (tertiary/aromatic N) is 1. The monoisotopic (exact) mass is 356 g/mol. The summed E-state index contributed by atoms with van der Waals surface area (Å²) in [4.78, 5) is 15.1. The number of halogens is 1. The van der Waals surface area contributed by atoms with Crippen molar-refractivity contribution >= 4 is 18.3 Å². The summed E-state index contributed by atoms with van der Waals surface area (Å²) in [6.45, 7) is 3.25. The van der Waals surface area contributed by atoms with E-state index in [2.05, 4.69) is 10.2 Å². The average Bonchev–Trinajstić information content (AvgIpc) is 2.61. The second-order valence-electron chi connectivity index (χ2n) is 6.13. The normalized spacial score (nSPS) is 24.7. The van der Waals surface area contributed by atoms with Crippen LogP contribution in [0.1, 0.15) is 23.2 Å². The van der Waals surface area contributed by atoms with Gasteiger partial charge in [-0.1, -0.05) is 0 Å². The quantitative estimate of drug-likeness (QED) is 0.874. The van der Waals surface area contributed by atoms with Crippen LogP contribution in [0, 0.1) is 5.92 Å². The second kappa shape index (κ2) is 7.94. The first-order valence-electron chi connectivity index (χ1n) is 7.99. The van der Waals surface area contributed by atoms with Gasteiger partial charge in [0.1, 0.15) is 0 Å². The molecule has 1 aromatic carbocycles. The number of fused-ring (bicyclic) bond motifs is 3. The molecular formula is C17H25ClN2O4. The minimum absolute atomic E-state index is 0. The van der Waals surface area contributed by atoms with Crippen LogP contribution in [0.5, 0.6) is 17.2 Å². The van der Waals surface area contributed by atoms with E-state index in [4.69, 9.17) is 14.2 Å². The molecule has 1 atom stereocenters. The van der Waals surface area contributed by atoms with E-state index < -0.39 is 0 Å². The van der Waals surface area contributed by atoms with Gasteiger partial charge in [-0.3, -0.25) is 4.79 Å². The van der Waals surface area contributed by atoms with Gasteiger partial charge in [-0.15, -0.1) is 12.4 Å². The van der Waals surface area contributed by atoms with E-state index in [1.165, 1.54) is 12.8 Å². The van der Waals surface area contributed by atoms with E-state index in [1.54, 1.807) is 33.5 Å². The molecular weight excluding hydrogens is 332 g/mol. The van der Waals surface area contributed by atoms with Crippen molar-refractivity contribution < 1.29 is 19.0 Å². The van der Waals surface area contributed by atoms with Crippen molar-refractivity contribution in [3.05, 3.63) is 17.7 Å². The molecule has 4 rings (SSSR count). The molecule has 1 aromatic rings. The zero-order valence-electron chi connectivity index (χ0n) is 14.3. The van der Waals surface area contributed by atoms with E-state index in [1.807, 2.05) is 0 Å². The molecule has 3 aliphatic rings.